The SMILES string of the molecule is CCOc1ccc(/C=C/C(=O)NC(C)c2ccc(C#N)cc2)cc1OCC. The van der Waals surface area contributed by atoms with Gasteiger partial charge < -0.3 is 14.8 Å². The predicted octanol–water partition coefficient (Wildman–Crippen LogP) is 4.25. The highest BCUT2D eigenvalue weighted by Gasteiger charge is 2.08. The molecular formula is C22H24N2O3. The maximum absolute atomic E-state index is 12.2. The molecule has 0 aliphatic carbocycles. The van der Waals surface area contributed by atoms with Crippen molar-refractivity contribution in [1.29, 1.82) is 5.26 Å². The van der Waals surface area contributed by atoms with Crippen molar-refractivity contribution in [3.8, 4) is 17.6 Å². The van der Waals surface area contributed by atoms with Crippen molar-refractivity contribution in [2.45, 2.75) is 26.8 Å². The number of nitriles is 1. The van der Waals surface area contributed by atoms with Crippen molar-refractivity contribution < 1.29 is 14.3 Å². The van der Waals surface area contributed by atoms with E-state index in [4.69, 9.17) is 14.7 Å². The number of hydrogen-bond acceptors (Lipinski definition) is 4. The molecule has 1 N–H and O–H groups in total. The number of nitrogens with one attached hydrogen (secondary N) is 1. The molecule has 0 heterocycles. The Morgan fingerprint density at radius 1 is 1.11 bits per heavy atom. The van der Waals surface area contributed by atoms with Gasteiger partial charge in [-0.25, -0.2) is 0 Å². The van der Waals surface area contributed by atoms with Crippen LogP contribution in [0.25, 0.3) is 6.08 Å². The highest BCUT2D eigenvalue weighted by Crippen LogP contribution is 2.29. The smallest absolute Gasteiger partial charge is 0.244 e. The molecule has 5 nitrogen and oxygen atoms in total. The minimum atomic E-state index is -0.196. The van der Waals surface area contributed by atoms with E-state index in [1.54, 1.807) is 18.2 Å². The van der Waals surface area contributed by atoms with Crippen LogP contribution in [0.3, 0.4) is 0 Å². The van der Waals surface area contributed by atoms with Gasteiger partial charge in [0.05, 0.1) is 30.9 Å². The minimum Gasteiger partial charge on any atom is -0.490 e. The van der Waals surface area contributed by atoms with Crippen LogP contribution in [-0.2, 0) is 4.79 Å². The van der Waals surface area contributed by atoms with Crippen LogP contribution in [0.5, 0.6) is 11.5 Å². The molecule has 27 heavy (non-hydrogen) atoms. The third kappa shape index (κ3) is 5.89. The number of ether oxygens (including phenoxy) is 2. The van der Waals surface area contributed by atoms with E-state index >= 15 is 0 Å². The second kappa shape index (κ2) is 10.0. The molecule has 0 fully saturated rings. The van der Waals surface area contributed by atoms with Gasteiger partial charge in [-0.05, 0) is 62.2 Å². The van der Waals surface area contributed by atoms with E-state index in [0.717, 1.165) is 11.1 Å². The molecule has 1 atom stereocenters. The van der Waals surface area contributed by atoms with Crippen LogP contribution in [0.15, 0.2) is 48.5 Å². The van der Waals surface area contributed by atoms with Crippen LogP contribution in [0.1, 0.15) is 43.5 Å². The number of carbonyl (C=O) groups is 1. The molecule has 0 aromatic heterocycles. The molecule has 1 unspecified atom stereocenters. The summed E-state index contributed by atoms with van der Waals surface area (Å²) in [6, 6.07) is 14.6. The second-order valence-corrected chi connectivity index (χ2v) is 5.87. The van der Waals surface area contributed by atoms with Gasteiger partial charge in [0.25, 0.3) is 0 Å². The van der Waals surface area contributed by atoms with Gasteiger partial charge in [0.1, 0.15) is 0 Å². The summed E-state index contributed by atoms with van der Waals surface area (Å²) in [5.41, 5.74) is 2.39. The molecule has 2 aromatic carbocycles. The first-order valence-corrected chi connectivity index (χ1v) is 8.95. The van der Waals surface area contributed by atoms with Crippen molar-refractivity contribution in [3.63, 3.8) is 0 Å². The Hall–Kier alpha value is -3.26. The number of benzene rings is 2. The molecule has 2 aromatic rings. The van der Waals surface area contributed by atoms with E-state index in [2.05, 4.69) is 11.4 Å². The maximum Gasteiger partial charge on any atom is 0.244 e. The Morgan fingerprint density at radius 3 is 2.41 bits per heavy atom. The summed E-state index contributed by atoms with van der Waals surface area (Å²) in [6.45, 7) is 6.83. The lowest BCUT2D eigenvalue weighted by molar-refractivity contribution is -0.117. The monoisotopic (exact) mass is 364 g/mol. The van der Waals surface area contributed by atoms with E-state index in [1.165, 1.54) is 6.08 Å². The maximum atomic E-state index is 12.2. The first-order chi connectivity index (χ1) is 13.1. The standard InChI is InChI=1S/C22H24N2O3/c1-4-26-20-12-8-17(14-21(20)27-5-2)9-13-22(25)24-16(3)19-10-6-18(15-23)7-11-19/h6-14,16H,4-5H2,1-3H3,(H,24,25)/b13-9+. The quantitative estimate of drug-likeness (QED) is 0.711. The number of hydrogen-bond donors (Lipinski definition) is 1. The minimum absolute atomic E-state index is 0.158. The van der Waals surface area contributed by atoms with E-state index in [9.17, 15) is 4.79 Å². The Balaban J connectivity index is 2.02. The van der Waals surface area contributed by atoms with Gasteiger partial charge >= 0.3 is 0 Å². The lowest BCUT2D eigenvalue weighted by Gasteiger charge is -2.13. The zero-order valence-electron chi connectivity index (χ0n) is 15.9. The Labute approximate surface area is 160 Å². The van der Waals surface area contributed by atoms with Crippen LogP contribution in [0, 0.1) is 11.3 Å². The van der Waals surface area contributed by atoms with Crippen LogP contribution in [-0.4, -0.2) is 19.1 Å². The van der Waals surface area contributed by atoms with Gasteiger partial charge in [-0.2, -0.15) is 5.26 Å². The average Bonchev–Trinajstić information content (AvgIpc) is 2.68. The van der Waals surface area contributed by atoms with Crippen LogP contribution >= 0.6 is 0 Å². The fourth-order valence-electron chi connectivity index (χ4n) is 2.53. The molecule has 2 rings (SSSR count). The van der Waals surface area contributed by atoms with Gasteiger partial charge in [-0.3, -0.25) is 4.79 Å². The first-order valence-electron chi connectivity index (χ1n) is 8.95. The molecule has 0 saturated carbocycles. The molecule has 0 radical (unpaired) electrons. The fraction of sp³-hybridized carbons (Fsp3) is 0.273. The van der Waals surface area contributed by atoms with Crippen molar-refractivity contribution in [2.75, 3.05) is 13.2 Å². The summed E-state index contributed by atoms with van der Waals surface area (Å²) in [7, 11) is 0. The fourth-order valence-corrected chi connectivity index (χ4v) is 2.53. The van der Waals surface area contributed by atoms with Crippen molar-refractivity contribution >= 4 is 12.0 Å². The topological polar surface area (TPSA) is 71.3 Å². The molecule has 0 spiro atoms. The van der Waals surface area contributed by atoms with Crippen molar-refractivity contribution in [1.82, 2.24) is 5.32 Å². The average molecular weight is 364 g/mol. The molecule has 0 aliphatic rings. The molecule has 0 bridgehead atoms. The number of rotatable bonds is 8. The van der Waals surface area contributed by atoms with Gasteiger partial charge in [0.15, 0.2) is 11.5 Å². The van der Waals surface area contributed by atoms with Crippen molar-refractivity contribution in [3.05, 3.63) is 65.2 Å². The van der Waals surface area contributed by atoms with E-state index in [-0.39, 0.29) is 11.9 Å². The van der Waals surface area contributed by atoms with Crippen LogP contribution in [0.2, 0.25) is 0 Å². The predicted molar refractivity (Wildman–Crippen MR) is 106 cm³/mol. The van der Waals surface area contributed by atoms with E-state index < -0.39 is 0 Å². The summed E-state index contributed by atoms with van der Waals surface area (Å²) in [5, 5.41) is 11.8. The number of amides is 1. The lowest BCUT2D eigenvalue weighted by atomic mass is 10.1. The van der Waals surface area contributed by atoms with Gasteiger partial charge in [-0.15, -0.1) is 0 Å². The zero-order chi connectivity index (χ0) is 19.6. The van der Waals surface area contributed by atoms with Crippen LogP contribution < -0.4 is 14.8 Å². The molecule has 0 saturated heterocycles. The molecule has 5 heteroatoms. The van der Waals surface area contributed by atoms with Crippen molar-refractivity contribution in [2.24, 2.45) is 0 Å². The summed E-state index contributed by atoms with van der Waals surface area (Å²) in [6.07, 6.45) is 3.23. The Kier molecular flexibility index (Phi) is 7.45. The van der Waals surface area contributed by atoms with Gasteiger partial charge in [-0.1, -0.05) is 18.2 Å². The van der Waals surface area contributed by atoms with Crippen LogP contribution in [0.4, 0.5) is 0 Å². The third-order valence-electron chi connectivity index (χ3n) is 3.89. The molecular weight excluding hydrogens is 340 g/mol. The molecule has 1 amide bonds. The lowest BCUT2D eigenvalue weighted by Crippen LogP contribution is -2.24. The second-order valence-electron chi connectivity index (χ2n) is 5.87. The first kappa shape index (κ1) is 20.1. The zero-order valence-corrected chi connectivity index (χ0v) is 15.9. The summed E-state index contributed by atoms with van der Waals surface area (Å²) in [5.74, 6) is 1.15. The Bertz CT molecular complexity index is 836. The van der Waals surface area contributed by atoms with E-state index in [1.807, 2.05) is 51.1 Å². The molecule has 140 valence electrons. The van der Waals surface area contributed by atoms with E-state index in [0.29, 0.717) is 30.3 Å². The summed E-state index contributed by atoms with van der Waals surface area (Å²) in [4.78, 5) is 12.2. The summed E-state index contributed by atoms with van der Waals surface area (Å²) >= 11 is 0. The highest BCUT2D eigenvalue weighted by molar-refractivity contribution is 5.92. The molecule has 0 aliphatic heterocycles. The number of nitrogens with zero attached hydrogens (tertiary/aromatic N) is 1. The number of carbonyl (C=O) groups excluding carboxylic acids is 1. The van der Waals surface area contributed by atoms with Gasteiger partial charge in [0, 0.05) is 6.08 Å². The highest BCUT2D eigenvalue weighted by atomic mass is 16.5. The van der Waals surface area contributed by atoms with Gasteiger partial charge in [0.2, 0.25) is 5.91 Å². The summed E-state index contributed by atoms with van der Waals surface area (Å²) < 4.78 is 11.1. The Morgan fingerprint density at radius 2 is 1.78 bits per heavy atom. The largest absolute Gasteiger partial charge is 0.490 e. The normalized spacial score (nSPS) is 11.6. The third-order valence-corrected chi connectivity index (χ3v) is 3.89.